The van der Waals surface area contributed by atoms with Crippen LogP contribution in [-0.4, -0.2) is 67.2 Å². The standard InChI is InChI=1S/C19H25N5O2/c1-26-14-9-20-18(25)17-7-8-21-19(22-17)24-12-10-23(11-13-24)15-16-5-3-2-4-6-16/h2-8H,9-15H2,1H3,(H,20,25). The van der Waals surface area contributed by atoms with Gasteiger partial charge < -0.3 is 15.0 Å². The molecule has 1 amide bonds. The summed E-state index contributed by atoms with van der Waals surface area (Å²) in [5.74, 6) is 0.414. The normalized spacial score (nSPS) is 15.0. The molecule has 7 nitrogen and oxygen atoms in total. The number of benzene rings is 1. The van der Waals surface area contributed by atoms with Crippen molar-refractivity contribution in [1.82, 2.24) is 20.2 Å². The van der Waals surface area contributed by atoms with Gasteiger partial charge in [0.15, 0.2) is 0 Å². The van der Waals surface area contributed by atoms with E-state index in [4.69, 9.17) is 4.74 Å². The van der Waals surface area contributed by atoms with E-state index < -0.39 is 0 Å². The maximum Gasteiger partial charge on any atom is 0.270 e. The first-order valence-electron chi connectivity index (χ1n) is 8.87. The molecule has 1 aliphatic rings. The highest BCUT2D eigenvalue weighted by Gasteiger charge is 2.20. The van der Waals surface area contributed by atoms with Crippen LogP contribution in [0, 0.1) is 0 Å². The number of nitrogens with one attached hydrogen (secondary N) is 1. The predicted molar refractivity (Wildman–Crippen MR) is 100 cm³/mol. The average Bonchev–Trinajstić information content (AvgIpc) is 2.69. The van der Waals surface area contributed by atoms with Gasteiger partial charge >= 0.3 is 0 Å². The summed E-state index contributed by atoms with van der Waals surface area (Å²) in [6.07, 6.45) is 1.64. The summed E-state index contributed by atoms with van der Waals surface area (Å²) in [5, 5.41) is 2.78. The van der Waals surface area contributed by atoms with Crippen LogP contribution in [0.4, 0.5) is 5.95 Å². The number of rotatable bonds is 7. The van der Waals surface area contributed by atoms with Crippen LogP contribution in [0.3, 0.4) is 0 Å². The summed E-state index contributed by atoms with van der Waals surface area (Å²) >= 11 is 0. The van der Waals surface area contributed by atoms with Crippen LogP contribution in [-0.2, 0) is 11.3 Å². The molecule has 0 radical (unpaired) electrons. The Bertz CT molecular complexity index is 702. The topological polar surface area (TPSA) is 70.6 Å². The fourth-order valence-corrected chi connectivity index (χ4v) is 2.93. The van der Waals surface area contributed by atoms with Crippen LogP contribution in [0.5, 0.6) is 0 Å². The molecule has 26 heavy (non-hydrogen) atoms. The van der Waals surface area contributed by atoms with Gasteiger partial charge in [0, 0.05) is 52.6 Å². The number of amides is 1. The fourth-order valence-electron chi connectivity index (χ4n) is 2.93. The molecule has 0 unspecified atom stereocenters. The monoisotopic (exact) mass is 355 g/mol. The van der Waals surface area contributed by atoms with E-state index in [1.165, 1.54) is 5.56 Å². The van der Waals surface area contributed by atoms with Gasteiger partial charge in [-0.25, -0.2) is 9.97 Å². The molecule has 3 rings (SSSR count). The molecule has 2 aromatic rings. The van der Waals surface area contributed by atoms with Crippen molar-refractivity contribution in [3.05, 3.63) is 53.9 Å². The molecule has 1 aromatic heterocycles. The summed E-state index contributed by atoms with van der Waals surface area (Å²) in [4.78, 5) is 25.5. The first kappa shape index (κ1) is 18.3. The van der Waals surface area contributed by atoms with Crippen molar-refractivity contribution in [2.75, 3.05) is 51.3 Å². The molecule has 138 valence electrons. The van der Waals surface area contributed by atoms with Gasteiger partial charge in [0.05, 0.1) is 6.61 Å². The summed E-state index contributed by atoms with van der Waals surface area (Å²) in [7, 11) is 1.60. The molecule has 2 heterocycles. The Morgan fingerprint density at radius 2 is 1.92 bits per heavy atom. The lowest BCUT2D eigenvalue weighted by Gasteiger charge is -2.34. The lowest BCUT2D eigenvalue weighted by atomic mass is 10.2. The third kappa shape index (κ3) is 5.00. The molecule has 0 bridgehead atoms. The largest absolute Gasteiger partial charge is 0.383 e. The van der Waals surface area contributed by atoms with Crippen molar-refractivity contribution < 1.29 is 9.53 Å². The van der Waals surface area contributed by atoms with Gasteiger partial charge in [0.25, 0.3) is 5.91 Å². The van der Waals surface area contributed by atoms with Gasteiger partial charge in [-0.3, -0.25) is 9.69 Å². The Hall–Kier alpha value is -2.51. The molecule has 0 spiro atoms. The Balaban J connectivity index is 1.54. The Kier molecular flexibility index (Phi) is 6.51. The van der Waals surface area contributed by atoms with Crippen LogP contribution in [0.25, 0.3) is 0 Å². The zero-order chi connectivity index (χ0) is 18.2. The maximum absolute atomic E-state index is 12.1. The molecule has 1 saturated heterocycles. The molecule has 1 aliphatic heterocycles. The average molecular weight is 355 g/mol. The zero-order valence-corrected chi connectivity index (χ0v) is 15.1. The predicted octanol–water partition coefficient (Wildman–Crippen LogP) is 1.17. The molecule has 1 fully saturated rings. The molecule has 1 aromatic carbocycles. The summed E-state index contributed by atoms with van der Waals surface area (Å²) in [6, 6.07) is 12.1. The smallest absolute Gasteiger partial charge is 0.270 e. The number of hydrogen-bond donors (Lipinski definition) is 1. The number of hydrogen-bond acceptors (Lipinski definition) is 6. The van der Waals surface area contributed by atoms with Gasteiger partial charge in [0.2, 0.25) is 5.95 Å². The molecule has 7 heteroatoms. The van der Waals surface area contributed by atoms with Gasteiger partial charge in [0.1, 0.15) is 5.69 Å². The SMILES string of the molecule is COCCNC(=O)c1ccnc(N2CCN(Cc3ccccc3)CC2)n1. The van der Waals surface area contributed by atoms with Gasteiger partial charge in [-0.1, -0.05) is 30.3 Å². The third-order valence-electron chi connectivity index (χ3n) is 4.37. The molecular formula is C19H25N5O2. The molecular weight excluding hydrogens is 330 g/mol. The van der Waals surface area contributed by atoms with Crippen LogP contribution in [0.15, 0.2) is 42.6 Å². The number of aromatic nitrogens is 2. The minimum Gasteiger partial charge on any atom is -0.383 e. The Morgan fingerprint density at radius 3 is 2.65 bits per heavy atom. The maximum atomic E-state index is 12.1. The minimum atomic E-state index is -0.201. The van der Waals surface area contributed by atoms with E-state index in [-0.39, 0.29) is 5.91 Å². The number of ether oxygens (including phenoxy) is 1. The van der Waals surface area contributed by atoms with Crippen LogP contribution in [0.2, 0.25) is 0 Å². The molecule has 1 N–H and O–H groups in total. The summed E-state index contributed by atoms with van der Waals surface area (Å²) < 4.78 is 4.94. The van der Waals surface area contributed by atoms with Gasteiger partial charge in [-0.05, 0) is 11.6 Å². The van der Waals surface area contributed by atoms with Crippen LogP contribution < -0.4 is 10.2 Å². The highest BCUT2D eigenvalue weighted by atomic mass is 16.5. The van der Waals surface area contributed by atoms with Crippen molar-refractivity contribution in [3.63, 3.8) is 0 Å². The van der Waals surface area contributed by atoms with E-state index in [1.54, 1.807) is 19.4 Å². The zero-order valence-electron chi connectivity index (χ0n) is 15.1. The number of anilines is 1. The Labute approximate surface area is 154 Å². The quantitative estimate of drug-likeness (QED) is 0.752. The number of nitrogens with zero attached hydrogens (tertiary/aromatic N) is 4. The van der Waals surface area contributed by atoms with E-state index in [1.807, 2.05) is 6.07 Å². The minimum absolute atomic E-state index is 0.201. The van der Waals surface area contributed by atoms with Crippen molar-refractivity contribution >= 4 is 11.9 Å². The van der Waals surface area contributed by atoms with Gasteiger partial charge in [-0.15, -0.1) is 0 Å². The van der Waals surface area contributed by atoms with E-state index >= 15 is 0 Å². The lowest BCUT2D eigenvalue weighted by molar-refractivity contribution is 0.0932. The summed E-state index contributed by atoms with van der Waals surface area (Å²) in [5.41, 5.74) is 1.71. The molecule has 0 atom stereocenters. The number of methoxy groups -OCH3 is 1. The second-order valence-corrected chi connectivity index (χ2v) is 6.24. The van der Waals surface area contributed by atoms with E-state index in [0.29, 0.717) is 24.8 Å². The van der Waals surface area contributed by atoms with Crippen LogP contribution >= 0.6 is 0 Å². The number of carbonyl (C=O) groups excluding carboxylic acids is 1. The first-order valence-corrected chi connectivity index (χ1v) is 8.87. The van der Waals surface area contributed by atoms with E-state index in [0.717, 1.165) is 32.7 Å². The molecule has 0 saturated carbocycles. The second kappa shape index (κ2) is 9.26. The third-order valence-corrected chi connectivity index (χ3v) is 4.37. The molecule has 0 aliphatic carbocycles. The lowest BCUT2D eigenvalue weighted by Crippen LogP contribution is -2.46. The van der Waals surface area contributed by atoms with E-state index in [9.17, 15) is 4.79 Å². The number of piperazine rings is 1. The fraction of sp³-hybridized carbons (Fsp3) is 0.421. The van der Waals surface area contributed by atoms with Crippen molar-refractivity contribution in [2.24, 2.45) is 0 Å². The number of carbonyl (C=O) groups is 1. The van der Waals surface area contributed by atoms with Crippen molar-refractivity contribution in [1.29, 1.82) is 0 Å². The first-order chi connectivity index (χ1) is 12.8. The van der Waals surface area contributed by atoms with Crippen LogP contribution in [0.1, 0.15) is 16.1 Å². The van der Waals surface area contributed by atoms with E-state index in [2.05, 4.69) is 49.4 Å². The highest BCUT2D eigenvalue weighted by Crippen LogP contribution is 2.13. The van der Waals surface area contributed by atoms with Crippen molar-refractivity contribution in [2.45, 2.75) is 6.54 Å². The summed E-state index contributed by atoms with van der Waals surface area (Å²) in [6.45, 7) is 5.49. The highest BCUT2D eigenvalue weighted by molar-refractivity contribution is 5.92. The Morgan fingerprint density at radius 1 is 1.15 bits per heavy atom. The second-order valence-electron chi connectivity index (χ2n) is 6.24. The van der Waals surface area contributed by atoms with Gasteiger partial charge in [-0.2, -0.15) is 0 Å². The van der Waals surface area contributed by atoms with Crippen molar-refractivity contribution in [3.8, 4) is 0 Å².